The smallest absolute Gasteiger partial charge is 0.315 e. The molecule has 6 heteroatoms. The molecule has 0 radical (unpaired) electrons. The van der Waals surface area contributed by atoms with Crippen LogP contribution in [0.5, 0.6) is 0 Å². The molecular formula is C10H16N2O3S. The Kier molecular flexibility index (Phi) is 2.83. The van der Waals surface area contributed by atoms with Crippen LogP contribution >= 0.6 is 11.8 Å². The molecule has 2 saturated heterocycles. The second-order valence-electron chi connectivity index (χ2n) is 4.00. The molecule has 2 rings (SSSR count). The number of aliphatic carboxylic acids is 1. The van der Waals surface area contributed by atoms with Gasteiger partial charge in [-0.25, -0.2) is 4.79 Å². The van der Waals surface area contributed by atoms with E-state index in [-0.39, 0.29) is 29.8 Å². The van der Waals surface area contributed by atoms with Gasteiger partial charge in [0.05, 0.1) is 12.1 Å². The van der Waals surface area contributed by atoms with E-state index in [1.807, 2.05) is 0 Å². The van der Waals surface area contributed by atoms with Gasteiger partial charge in [0.1, 0.15) is 0 Å². The molecule has 16 heavy (non-hydrogen) atoms. The van der Waals surface area contributed by atoms with Crippen LogP contribution in [0.3, 0.4) is 0 Å². The summed E-state index contributed by atoms with van der Waals surface area (Å²) < 4.78 is 14.6. The Labute approximate surface area is 101 Å². The lowest BCUT2D eigenvalue weighted by molar-refractivity contribution is -0.137. The molecule has 3 atom stereocenters. The van der Waals surface area contributed by atoms with Gasteiger partial charge < -0.3 is 15.7 Å². The number of carbonyl (C=O) groups is 2. The average Bonchev–Trinajstić information content (AvgIpc) is 2.78. The molecule has 5 nitrogen and oxygen atoms in total. The van der Waals surface area contributed by atoms with Crippen LogP contribution in [0, 0.1) is 0 Å². The Morgan fingerprint density at radius 3 is 3.12 bits per heavy atom. The summed E-state index contributed by atoms with van der Waals surface area (Å²) >= 11 is 1.75. The first kappa shape index (κ1) is 9.15. The minimum absolute atomic E-state index is 0.0121. The van der Waals surface area contributed by atoms with E-state index in [4.69, 9.17) is 7.85 Å². The van der Waals surface area contributed by atoms with Gasteiger partial charge in [0.15, 0.2) is 0 Å². The summed E-state index contributed by atoms with van der Waals surface area (Å²) in [6.07, 6.45) is -0.908. The monoisotopic (exact) mass is 248 g/mol. The number of hydrogen-bond donors (Lipinski definition) is 3. The molecule has 0 aromatic rings. The van der Waals surface area contributed by atoms with Gasteiger partial charge in [-0.2, -0.15) is 11.8 Å². The SMILES string of the molecule is [3H]C([3H])(CCC[C@@H]1SC[C@@H]2NC(=O)N[C@@H]21)C(=O)O. The van der Waals surface area contributed by atoms with Crippen molar-refractivity contribution in [3.63, 3.8) is 0 Å². The molecule has 3 N–H and O–H groups in total. The van der Waals surface area contributed by atoms with Crippen molar-refractivity contribution in [1.82, 2.24) is 10.6 Å². The van der Waals surface area contributed by atoms with Gasteiger partial charge in [0.25, 0.3) is 0 Å². The van der Waals surface area contributed by atoms with Crippen molar-refractivity contribution in [2.45, 2.75) is 43.0 Å². The molecule has 2 heterocycles. The Bertz CT molecular complexity index is 367. The van der Waals surface area contributed by atoms with E-state index in [9.17, 15) is 9.59 Å². The molecule has 2 aliphatic rings. The van der Waals surface area contributed by atoms with Crippen LogP contribution in [0.2, 0.25) is 0 Å². The van der Waals surface area contributed by atoms with E-state index in [2.05, 4.69) is 10.6 Å². The van der Waals surface area contributed by atoms with Gasteiger partial charge >= 0.3 is 12.0 Å². The maximum Gasteiger partial charge on any atom is 0.315 e. The van der Waals surface area contributed by atoms with E-state index >= 15 is 0 Å². The minimum atomic E-state index is -2.15. The van der Waals surface area contributed by atoms with Crippen LogP contribution in [0.4, 0.5) is 4.79 Å². The molecule has 2 amide bonds. The van der Waals surface area contributed by atoms with Crippen LogP contribution in [0.15, 0.2) is 0 Å². The first-order valence-corrected chi connectivity index (χ1v) is 6.37. The van der Waals surface area contributed by atoms with E-state index in [1.54, 1.807) is 11.8 Å². The summed E-state index contributed by atoms with van der Waals surface area (Å²) in [7, 11) is 0. The van der Waals surface area contributed by atoms with Crippen molar-refractivity contribution < 1.29 is 17.4 Å². The number of hydrogen-bond acceptors (Lipinski definition) is 3. The fourth-order valence-electron chi connectivity index (χ4n) is 2.14. The summed E-state index contributed by atoms with van der Waals surface area (Å²) in [5, 5.41) is 14.6. The summed E-state index contributed by atoms with van der Waals surface area (Å²) in [6.45, 7) is 0. The van der Waals surface area contributed by atoms with E-state index in [0.717, 1.165) is 12.2 Å². The largest absolute Gasteiger partial charge is 0.481 e. The molecule has 0 aliphatic carbocycles. The quantitative estimate of drug-likeness (QED) is 0.629. The zero-order chi connectivity index (χ0) is 13.3. The van der Waals surface area contributed by atoms with Crippen LogP contribution < -0.4 is 10.6 Å². The topological polar surface area (TPSA) is 78.4 Å². The molecule has 0 aromatic heterocycles. The van der Waals surface area contributed by atoms with Crippen molar-refractivity contribution in [3.05, 3.63) is 0 Å². The fourth-order valence-corrected chi connectivity index (χ4v) is 3.69. The third-order valence-electron chi connectivity index (χ3n) is 2.88. The summed E-state index contributed by atoms with van der Waals surface area (Å²) in [5.74, 6) is -0.546. The fraction of sp³-hybridized carbons (Fsp3) is 0.800. The highest BCUT2D eigenvalue weighted by Crippen LogP contribution is 2.33. The van der Waals surface area contributed by atoms with Gasteiger partial charge in [-0.15, -0.1) is 0 Å². The van der Waals surface area contributed by atoms with Crippen LogP contribution in [0.25, 0.3) is 0 Å². The molecule has 0 aromatic carbocycles. The van der Waals surface area contributed by atoms with Crippen molar-refractivity contribution in [2.75, 3.05) is 5.75 Å². The van der Waals surface area contributed by atoms with E-state index < -0.39 is 12.3 Å². The van der Waals surface area contributed by atoms with Gasteiger partial charge in [-0.05, 0) is 12.8 Å². The molecule has 2 aliphatic heterocycles. The lowest BCUT2D eigenvalue weighted by atomic mass is 10.0. The Morgan fingerprint density at radius 2 is 2.38 bits per heavy atom. The number of carboxylic acids is 1. The van der Waals surface area contributed by atoms with E-state index in [0.29, 0.717) is 6.42 Å². The van der Waals surface area contributed by atoms with Crippen molar-refractivity contribution in [3.8, 4) is 0 Å². The maximum atomic E-state index is 11.2. The highest BCUT2D eigenvalue weighted by Gasteiger charge is 2.42. The number of carbonyl (C=O) groups excluding carboxylic acids is 1. The maximum absolute atomic E-state index is 11.2. The second kappa shape index (κ2) is 4.95. The third kappa shape index (κ3) is 2.61. The summed E-state index contributed by atoms with van der Waals surface area (Å²) in [4.78, 5) is 21.8. The Balaban J connectivity index is 1.78. The number of rotatable bonds is 5. The van der Waals surface area contributed by atoms with Gasteiger partial charge in [-0.1, -0.05) is 6.42 Å². The van der Waals surface area contributed by atoms with Gasteiger partial charge in [0, 0.05) is 20.1 Å². The minimum Gasteiger partial charge on any atom is -0.481 e. The predicted octanol–water partition coefficient (Wildman–Crippen LogP) is 0.797. The highest BCUT2D eigenvalue weighted by atomic mass is 32.2. The first-order valence-electron chi connectivity index (χ1n) is 6.32. The van der Waals surface area contributed by atoms with Gasteiger partial charge in [0.2, 0.25) is 0 Å². The Hall–Kier alpha value is -0.910. The first-order chi connectivity index (χ1) is 8.40. The number of carboxylic acid groups (broad SMARTS) is 1. The zero-order valence-electron chi connectivity index (χ0n) is 10.7. The normalized spacial score (nSPS) is 34.8. The number of urea groups is 1. The molecule has 90 valence electrons. The van der Waals surface area contributed by atoms with Crippen molar-refractivity contribution in [1.29, 1.82) is 0 Å². The molecule has 2 fully saturated rings. The summed E-state index contributed by atoms with van der Waals surface area (Å²) in [6, 6.07) is 0.109. The molecule has 0 unspecified atom stereocenters. The van der Waals surface area contributed by atoms with Crippen LogP contribution in [-0.4, -0.2) is 40.2 Å². The van der Waals surface area contributed by atoms with E-state index in [1.165, 1.54) is 0 Å². The lowest BCUT2D eigenvalue weighted by Crippen LogP contribution is -2.36. The van der Waals surface area contributed by atoms with Crippen LogP contribution in [0.1, 0.15) is 28.4 Å². The number of thioether (sulfide) groups is 1. The molecule has 0 spiro atoms. The standard InChI is InChI=1S/C10H16N2O3S/c13-8(14)4-2-1-3-7-9-6(5-16-7)11-10(15)12-9/h6-7,9H,1-5H2,(H,13,14)(H2,11,12,15)/t6-,7-,9-/m0/s1/i4T2. The van der Waals surface area contributed by atoms with Crippen LogP contribution in [-0.2, 0) is 4.79 Å². The average molecular weight is 248 g/mol. The predicted molar refractivity (Wildman–Crippen MR) is 61.6 cm³/mol. The zero-order valence-corrected chi connectivity index (χ0v) is 9.55. The third-order valence-corrected chi connectivity index (χ3v) is 4.39. The highest BCUT2D eigenvalue weighted by molar-refractivity contribution is 8.00. The molecule has 0 bridgehead atoms. The second-order valence-corrected chi connectivity index (χ2v) is 5.27. The Morgan fingerprint density at radius 1 is 1.56 bits per heavy atom. The summed E-state index contributed by atoms with van der Waals surface area (Å²) in [5.41, 5.74) is 0. The number of amides is 2. The molecular weight excluding hydrogens is 228 g/mol. The lowest BCUT2D eigenvalue weighted by Gasteiger charge is -2.16. The van der Waals surface area contributed by atoms with Crippen molar-refractivity contribution >= 4 is 23.8 Å². The molecule has 0 saturated carbocycles. The number of fused-ring (bicyclic) bond motifs is 1. The number of nitrogens with one attached hydrogen (secondary N) is 2. The van der Waals surface area contributed by atoms with Gasteiger partial charge in [-0.3, -0.25) is 4.79 Å². The van der Waals surface area contributed by atoms with Crippen molar-refractivity contribution in [2.24, 2.45) is 0 Å².